The Morgan fingerprint density at radius 2 is 2.00 bits per heavy atom. The van der Waals surface area contributed by atoms with Gasteiger partial charge in [-0.3, -0.25) is 9.36 Å². The summed E-state index contributed by atoms with van der Waals surface area (Å²) in [7, 11) is 0. The van der Waals surface area contributed by atoms with Crippen LogP contribution in [0.15, 0.2) is 56.8 Å². The van der Waals surface area contributed by atoms with E-state index < -0.39 is 35.0 Å². The van der Waals surface area contributed by atoms with Crippen LogP contribution < -0.4 is 11.2 Å². The molecule has 10 nitrogen and oxygen atoms in total. The number of aromatic nitrogens is 3. The Kier molecular flexibility index (Phi) is 7.32. The number of aliphatic hydroxyl groups excluding tert-OH is 1. The van der Waals surface area contributed by atoms with Gasteiger partial charge in [0.1, 0.15) is 22.7 Å². The van der Waals surface area contributed by atoms with Gasteiger partial charge < -0.3 is 19.4 Å². The number of aliphatic carboxylic acids is 1. The fourth-order valence-corrected chi connectivity index (χ4v) is 6.41. The van der Waals surface area contributed by atoms with Crippen LogP contribution in [0.25, 0.3) is 21.0 Å². The Bertz CT molecular complexity index is 1600. The summed E-state index contributed by atoms with van der Waals surface area (Å²) in [5, 5.41) is 20.4. The molecule has 1 saturated carbocycles. The van der Waals surface area contributed by atoms with E-state index >= 15 is 0 Å². The van der Waals surface area contributed by atoms with Crippen LogP contribution in [0.5, 0.6) is 0 Å². The zero-order valence-electron chi connectivity index (χ0n) is 22.0. The van der Waals surface area contributed by atoms with Crippen molar-refractivity contribution in [3.63, 3.8) is 0 Å². The molecule has 5 rings (SSSR count). The van der Waals surface area contributed by atoms with Crippen molar-refractivity contribution in [1.82, 2.24) is 14.1 Å². The molecule has 39 heavy (non-hydrogen) atoms. The Morgan fingerprint density at radius 3 is 2.64 bits per heavy atom. The van der Waals surface area contributed by atoms with Crippen LogP contribution in [-0.4, -0.2) is 42.5 Å². The van der Waals surface area contributed by atoms with Crippen molar-refractivity contribution in [3.8, 4) is 10.8 Å². The first kappa shape index (κ1) is 27.0. The van der Waals surface area contributed by atoms with Gasteiger partial charge in [-0.15, -0.1) is 11.3 Å². The van der Waals surface area contributed by atoms with Crippen LogP contribution in [0.1, 0.15) is 56.8 Å². The van der Waals surface area contributed by atoms with E-state index in [1.54, 1.807) is 6.92 Å². The van der Waals surface area contributed by atoms with Crippen molar-refractivity contribution < 1.29 is 24.2 Å². The van der Waals surface area contributed by atoms with Gasteiger partial charge >= 0.3 is 11.7 Å². The number of carbonyl (C=O) groups is 1. The number of hydrogen-bond donors (Lipinski definition) is 2. The molecule has 1 unspecified atom stereocenters. The summed E-state index contributed by atoms with van der Waals surface area (Å²) in [4.78, 5) is 45.2. The van der Waals surface area contributed by atoms with Crippen molar-refractivity contribution in [3.05, 3.63) is 74.8 Å². The highest BCUT2D eigenvalue weighted by Gasteiger charge is 2.36. The van der Waals surface area contributed by atoms with E-state index in [4.69, 9.17) is 9.15 Å². The standard InChI is InChI=1S/C28H31N3O7S/c1-16-21-24(33)31(28(2,3)26(34)35)27(36)30(25(21)39-22(16)23-29-12-13-37-23)15-20(17-8-5-4-6-9-17)38-19-11-7-10-18(32)14-19/h4-6,8-9,12-13,18-20,32H,7,10-11,14-15H2,1-3H3,(H,34,35)/t18-,19+,20?/m1/s1. The molecule has 1 fully saturated rings. The molecule has 3 heterocycles. The summed E-state index contributed by atoms with van der Waals surface area (Å²) >= 11 is 1.20. The van der Waals surface area contributed by atoms with Gasteiger partial charge in [-0.05, 0) is 57.6 Å². The molecule has 1 aliphatic carbocycles. The smallest absolute Gasteiger partial charge is 0.333 e. The summed E-state index contributed by atoms with van der Waals surface area (Å²) < 4.78 is 14.3. The molecule has 2 N–H and O–H groups in total. The molecular formula is C28H31N3O7S. The molecule has 3 atom stereocenters. The van der Waals surface area contributed by atoms with Crippen LogP contribution in [0.2, 0.25) is 0 Å². The van der Waals surface area contributed by atoms with Crippen molar-refractivity contribution in [2.75, 3.05) is 0 Å². The van der Waals surface area contributed by atoms with Gasteiger partial charge in [0.25, 0.3) is 5.56 Å². The molecule has 0 saturated heterocycles. The number of carboxylic acid groups (broad SMARTS) is 1. The van der Waals surface area contributed by atoms with Gasteiger partial charge in [-0.2, -0.15) is 0 Å². The largest absolute Gasteiger partial charge is 0.480 e. The number of aryl methyl sites for hydroxylation is 1. The van der Waals surface area contributed by atoms with Crippen LogP contribution in [-0.2, 0) is 21.6 Å². The molecule has 1 aromatic carbocycles. The zero-order valence-corrected chi connectivity index (χ0v) is 22.8. The van der Waals surface area contributed by atoms with E-state index in [0.717, 1.165) is 29.4 Å². The second-order valence-corrected chi connectivity index (χ2v) is 11.4. The average Bonchev–Trinajstić information content (AvgIpc) is 3.54. The number of rotatable bonds is 8. The maximum atomic E-state index is 14.0. The highest BCUT2D eigenvalue weighted by molar-refractivity contribution is 7.22. The van der Waals surface area contributed by atoms with E-state index in [9.17, 15) is 24.6 Å². The van der Waals surface area contributed by atoms with E-state index in [2.05, 4.69) is 4.98 Å². The molecule has 0 bridgehead atoms. The molecule has 11 heteroatoms. The first-order valence-electron chi connectivity index (χ1n) is 12.9. The minimum atomic E-state index is -1.81. The fraction of sp³-hybridized carbons (Fsp3) is 0.429. The third-order valence-electron chi connectivity index (χ3n) is 7.40. The lowest BCUT2D eigenvalue weighted by Crippen LogP contribution is -2.52. The fourth-order valence-electron chi connectivity index (χ4n) is 5.17. The second kappa shape index (κ2) is 10.6. The third kappa shape index (κ3) is 4.97. The van der Waals surface area contributed by atoms with Crippen molar-refractivity contribution >= 4 is 27.5 Å². The molecule has 0 aliphatic heterocycles. The van der Waals surface area contributed by atoms with Gasteiger partial charge in [-0.25, -0.2) is 19.1 Å². The molecule has 3 aromatic heterocycles. The predicted octanol–water partition coefficient (Wildman–Crippen LogP) is 4.07. The number of ether oxygens (including phenoxy) is 1. The lowest BCUT2D eigenvalue weighted by Gasteiger charge is -2.31. The molecular weight excluding hydrogens is 522 g/mol. The van der Waals surface area contributed by atoms with Crippen molar-refractivity contribution in [2.24, 2.45) is 0 Å². The highest BCUT2D eigenvalue weighted by atomic mass is 32.1. The summed E-state index contributed by atoms with van der Waals surface area (Å²) in [5.41, 5.74) is -1.85. The minimum absolute atomic E-state index is 0.0346. The van der Waals surface area contributed by atoms with Crippen LogP contribution in [0, 0.1) is 6.92 Å². The minimum Gasteiger partial charge on any atom is -0.480 e. The molecule has 0 spiro atoms. The summed E-state index contributed by atoms with van der Waals surface area (Å²) in [6.45, 7) is 4.44. The predicted molar refractivity (Wildman–Crippen MR) is 146 cm³/mol. The number of benzene rings is 1. The summed E-state index contributed by atoms with van der Waals surface area (Å²) in [5.74, 6) is -0.997. The Hall–Kier alpha value is -3.54. The summed E-state index contributed by atoms with van der Waals surface area (Å²) in [6, 6.07) is 9.45. The Morgan fingerprint density at radius 1 is 1.26 bits per heavy atom. The SMILES string of the molecule is Cc1c(-c2ncco2)sc2c1c(=O)n(C(C)(C)C(=O)O)c(=O)n2CC(O[C@H]1CCC[C@@H](O)C1)c1ccccc1. The van der Waals surface area contributed by atoms with Crippen LogP contribution in [0.3, 0.4) is 0 Å². The number of nitrogens with zero attached hydrogens (tertiary/aromatic N) is 3. The molecule has 0 radical (unpaired) electrons. The van der Waals surface area contributed by atoms with Crippen LogP contribution in [0.4, 0.5) is 0 Å². The van der Waals surface area contributed by atoms with Crippen molar-refractivity contribution in [1.29, 1.82) is 0 Å². The number of fused-ring (bicyclic) bond motifs is 1. The van der Waals surface area contributed by atoms with Gasteiger partial charge in [0.2, 0.25) is 5.89 Å². The van der Waals surface area contributed by atoms with E-state index in [1.165, 1.54) is 42.2 Å². The average molecular weight is 554 g/mol. The first-order valence-corrected chi connectivity index (χ1v) is 13.7. The molecule has 206 valence electrons. The number of carboxylic acids is 1. The van der Waals surface area contributed by atoms with E-state index in [1.807, 2.05) is 30.3 Å². The number of hydrogen-bond acceptors (Lipinski definition) is 8. The molecule has 1 aliphatic rings. The normalized spacial score (nSPS) is 18.9. The zero-order chi connectivity index (χ0) is 27.9. The van der Waals surface area contributed by atoms with Gasteiger partial charge in [0.05, 0.1) is 35.2 Å². The topological polar surface area (TPSA) is 137 Å². The Balaban J connectivity index is 1.72. The Labute approximate surface area is 228 Å². The van der Waals surface area contributed by atoms with Crippen molar-refractivity contribution in [2.45, 2.75) is 76.9 Å². The van der Waals surface area contributed by atoms with Gasteiger partial charge in [0, 0.05) is 0 Å². The lowest BCUT2D eigenvalue weighted by atomic mass is 9.94. The number of aliphatic hydroxyl groups is 1. The third-order valence-corrected chi connectivity index (χ3v) is 8.70. The molecule has 4 aromatic rings. The highest BCUT2D eigenvalue weighted by Crippen LogP contribution is 2.37. The summed E-state index contributed by atoms with van der Waals surface area (Å²) in [6.07, 6.45) is 4.51. The van der Waals surface area contributed by atoms with Crippen LogP contribution >= 0.6 is 11.3 Å². The monoisotopic (exact) mass is 553 g/mol. The van der Waals surface area contributed by atoms with E-state index in [0.29, 0.717) is 27.6 Å². The first-order chi connectivity index (χ1) is 18.6. The van der Waals surface area contributed by atoms with E-state index in [-0.39, 0.29) is 18.0 Å². The molecule has 0 amide bonds. The maximum Gasteiger partial charge on any atom is 0.333 e. The number of oxazole rings is 1. The quantitative estimate of drug-likeness (QED) is 0.333. The van der Waals surface area contributed by atoms with Gasteiger partial charge in [0.15, 0.2) is 0 Å². The second-order valence-electron chi connectivity index (χ2n) is 10.4. The number of thiophene rings is 1. The maximum absolute atomic E-state index is 14.0. The van der Waals surface area contributed by atoms with Gasteiger partial charge in [-0.1, -0.05) is 30.3 Å². The lowest BCUT2D eigenvalue weighted by molar-refractivity contribution is -0.146.